The first-order chi connectivity index (χ1) is 6.24. The lowest BCUT2D eigenvalue weighted by Gasteiger charge is -2.22. The molecule has 0 aromatic carbocycles. The smallest absolute Gasteiger partial charge is 0.00671 e. The van der Waals surface area contributed by atoms with E-state index in [2.05, 4.69) is 13.8 Å². The molecule has 0 aliphatic heterocycles. The van der Waals surface area contributed by atoms with Gasteiger partial charge in [-0.1, -0.05) is 46.0 Å². The summed E-state index contributed by atoms with van der Waals surface area (Å²) < 4.78 is 0. The van der Waals surface area contributed by atoms with E-state index in [9.17, 15) is 0 Å². The van der Waals surface area contributed by atoms with Gasteiger partial charge in [0.1, 0.15) is 0 Å². The molecular formula is C12H25N. The summed E-state index contributed by atoms with van der Waals surface area (Å²) in [5.41, 5.74) is 6.18. The molecule has 1 saturated carbocycles. The van der Waals surface area contributed by atoms with Crippen molar-refractivity contribution in [2.24, 2.45) is 17.6 Å². The minimum Gasteiger partial charge on any atom is -0.327 e. The summed E-state index contributed by atoms with van der Waals surface area (Å²) >= 11 is 0. The van der Waals surface area contributed by atoms with Crippen LogP contribution in [0.4, 0.5) is 0 Å². The maximum absolute atomic E-state index is 6.18. The lowest BCUT2D eigenvalue weighted by molar-refractivity contribution is 0.344. The van der Waals surface area contributed by atoms with Crippen molar-refractivity contribution < 1.29 is 0 Å². The molecule has 78 valence electrons. The molecule has 0 bridgehead atoms. The highest BCUT2D eigenvalue weighted by Crippen LogP contribution is 2.30. The first-order valence-electron chi connectivity index (χ1n) is 5.99. The molecule has 1 rings (SSSR count). The fraction of sp³-hybridized carbons (Fsp3) is 1.00. The van der Waals surface area contributed by atoms with Crippen LogP contribution in [0.25, 0.3) is 0 Å². The van der Waals surface area contributed by atoms with Gasteiger partial charge in [-0.3, -0.25) is 0 Å². The van der Waals surface area contributed by atoms with Crippen molar-refractivity contribution in [1.82, 2.24) is 0 Å². The number of hydrogen-bond acceptors (Lipinski definition) is 1. The third kappa shape index (κ3) is 3.68. The average Bonchev–Trinajstić information content (AvgIpc) is 2.57. The zero-order valence-corrected chi connectivity index (χ0v) is 9.26. The van der Waals surface area contributed by atoms with E-state index in [0.717, 1.165) is 11.8 Å². The van der Waals surface area contributed by atoms with Crippen LogP contribution in [0.2, 0.25) is 0 Å². The van der Waals surface area contributed by atoms with Crippen molar-refractivity contribution in [3.8, 4) is 0 Å². The summed E-state index contributed by atoms with van der Waals surface area (Å²) in [6.45, 7) is 4.56. The molecule has 0 heterocycles. The second-order valence-corrected chi connectivity index (χ2v) is 4.82. The zero-order valence-electron chi connectivity index (χ0n) is 9.26. The molecule has 1 fully saturated rings. The molecule has 0 radical (unpaired) electrons. The monoisotopic (exact) mass is 183 g/mol. The Morgan fingerprint density at radius 1 is 1.31 bits per heavy atom. The fourth-order valence-corrected chi connectivity index (χ4v) is 2.53. The first-order valence-corrected chi connectivity index (χ1v) is 5.99. The largest absolute Gasteiger partial charge is 0.327 e. The molecule has 0 spiro atoms. The molecule has 0 amide bonds. The van der Waals surface area contributed by atoms with Crippen molar-refractivity contribution in [1.29, 1.82) is 0 Å². The van der Waals surface area contributed by atoms with Gasteiger partial charge in [0.15, 0.2) is 0 Å². The molecule has 0 aromatic heterocycles. The highest BCUT2D eigenvalue weighted by Gasteiger charge is 2.20. The van der Waals surface area contributed by atoms with Gasteiger partial charge in [0.05, 0.1) is 0 Å². The van der Waals surface area contributed by atoms with Gasteiger partial charge >= 0.3 is 0 Å². The number of hydrogen-bond donors (Lipinski definition) is 1. The van der Waals surface area contributed by atoms with E-state index < -0.39 is 0 Å². The topological polar surface area (TPSA) is 26.0 Å². The summed E-state index contributed by atoms with van der Waals surface area (Å²) in [6.07, 6.45) is 9.62. The highest BCUT2D eigenvalue weighted by atomic mass is 14.6. The van der Waals surface area contributed by atoms with Crippen molar-refractivity contribution in [3.63, 3.8) is 0 Å². The van der Waals surface area contributed by atoms with E-state index in [0.29, 0.717) is 6.04 Å². The zero-order chi connectivity index (χ0) is 9.68. The molecule has 2 atom stereocenters. The van der Waals surface area contributed by atoms with E-state index in [-0.39, 0.29) is 0 Å². The maximum Gasteiger partial charge on any atom is 0.00671 e. The van der Waals surface area contributed by atoms with Crippen molar-refractivity contribution in [2.45, 2.75) is 64.8 Å². The third-order valence-corrected chi connectivity index (χ3v) is 3.56. The van der Waals surface area contributed by atoms with E-state index in [4.69, 9.17) is 5.73 Å². The highest BCUT2D eigenvalue weighted by molar-refractivity contribution is 4.76. The molecule has 1 heteroatoms. The molecule has 2 N–H and O–H groups in total. The van der Waals surface area contributed by atoms with Crippen LogP contribution in [0.1, 0.15) is 58.8 Å². The summed E-state index contributed by atoms with van der Waals surface area (Å²) in [4.78, 5) is 0. The summed E-state index contributed by atoms with van der Waals surface area (Å²) in [7, 11) is 0. The lowest BCUT2D eigenvalue weighted by Crippen LogP contribution is -2.30. The molecular weight excluding hydrogens is 158 g/mol. The van der Waals surface area contributed by atoms with Gasteiger partial charge in [0.25, 0.3) is 0 Å². The Morgan fingerprint density at radius 3 is 2.46 bits per heavy atom. The fourth-order valence-electron chi connectivity index (χ4n) is 2.53. The van der Waals surface area contributed by atoms with Crippen LogP contribution in [0, 0.1) is 11.8 Å². The maximum atomic E-state index is 6.18. The average molecular weight is 183 g/mol. The second-order valence-electron chi connectivity index (χ2n) is 4.82. The van der Waals surface area contributed by atoms with Gasteiger partial charge in [0.2, 0.25) is 0 Å². The minimum absolute atomic E-state index is 0.461. The van der Waals surface area contributed by atoms with E-state index in [1.54, 1.807) is 0 Å². The van der Waals surface area contributed by atoms with E-state index >= 15 is 0 Å². The predicted molar refractivity (Wildman–Crippen MR) is 58.6 cm³/mol. The third-order valence-electron chi connectivity index (χ3n) is 3.56. The summed E-state index contributed by atoms with van der Waals surface area (Å²) in [6, 6.07) is 0.461. The van der Waals surface area contributed by atoms with Gasteiger partial charge in [-0.15, -0.1) is 0 Å². The van der Waals surface area contributed by atoms with Crippen LogP contribution in [0.5, 0.6) is 0 Å². The van der Waals surface area contributed by atoms with Gasteiger partial charge in [-0.2, -0.15) is 0 Å². The second kappa shape index (κ2) is 5.64. The Bertz CT molecular complexity index is 127. The van der Waals surface area contributed by atoms with Gasteiger partial charge in [-0.05, 0) is 24.7 Å². The van der Waals surface area contributed by atoms with Crippen LogP contribution < -0.4 is 5.73 Å². The van der Waals surface area contributed by atoms with Gasteiger partial charge < -0.3 is 5.73 Å². The van der Waals surface area contributed by atoms with E-state index in [1.165, 1.54) is 44.9 Å². The Kier molecular flexibility index (Phi) is 4.79. The Hall–Kier alpha value is -0.0400. The predicted octanol–water partition coefficient (Wildman–Crippen LogP) is 3.33. The molecule has 2 unspecified atom stereocenters. The van der Waals surface area contributed by atoms with E-state index in [1.807, 2.05) is 0 Å². The van der Waals surface area contributed by atoms with Crippen LogP contribution in [0.15, 0.2) is 0 Å². The molecule has 1 aliphatic carbocycles. The number of nitrogens with two attached hydrogens (primary N) is 1. The van der Waals surface area contributed by atoms with Crippen LogP contribution in [-0.4, -0.2) is 6.04 Å². The van der Waals surface area contributed by atoms with Crippen LogP contribution in [-0.2, 0) is 0 Å². The quantitative estimate of drug-likeness (QED) is 0.695. The van der Waals surface area contributed by atoms with Gasteiger partial charge in [-0.25, -0.2) is 0 Å². The Balaban J connectivity index is 2.18. The standard InChI is InChI=1S/C12H25N/c1-3-6-10(2)12(13)9-11-7-4-5-8-11/h10-12H,3-9,13H2,1-2H3. The molecule has 1 nitrogen and oxygen atoms in total. The first kappa shape index (κ1) is 11.0. The molecule has 0 saturated heterocycles. The molecule has 0 aromatic rings. The van der Waals surface area contributed by atoms with Crippen molar-refractivity contribution in [3.05, 3.63) is 0 Å². The lowest BCUT2D eigenvalue weighted by atomic mass is 9.89. The van der Waals surface area contributed by atoms with Crippen molar-refractivity contribution >= 4 is 0 Å². The van der Waals surface area contributed by atoms with Gasteiger partial charge in [0, 0.05) is 6.04 Å². The van der Waals surface area contributed by atoms with Crippen LogP contribution >= 0.6 is 0 Å². The van der Waals surface area contributed by atoms with Crippen LogP contribution in [0.3, 0.4) is 0 Å². The summed E-state index contributed by atoms with van der Waals surface area (Å²) in [5.74, 6) is 1.68. The van der Waals surface area contributed by atoms with Crippen molar-refractivity contribution in [2.75, 3.05) is 0 Å². The molecule has 1 aliphatic rings. The SMILES string of the molecule is CCCC(C)C(N)CC1CCCC1. The summed E-state index contributed by atoms with van der Waals surface area (Å²) in [5, 5.41) is 0. The molecule has 13 heavy (non-hydrogen) atoms. The Labute approximate surface area is 83.1 Å². The normalized spacial score (nSPS) is 23.3. The number of rotatable bonds is 5. The Morgan fingerprint density at radius 2 is 1.92 bits per heavy atom. The minimum atomic E-state index is 0.461.